The molecule has 1 saturated heterocycles. The van der Waals surface area contributed by atoms with Crippen molar-refractivity contribution in [3.63, 3.8) is 0 Å². The van der Waals surface area contributed by atoms with E-state index in [0.717, 1.165) is 19.6 Å². The van der Waals surface area contributed by atoms with Gasteiger partial charge in [0.2, 0.25) is 5.91 Å². The highest BCUT2D eigenvalue weighted by atomic mass is 16.1. The lowest BCUT2D eigenvalue weighted by molar-refractivity contribution is -0.135. The highest BCUT2D eigenvalue weighted by Crippen LogP contribution is 2.28. The maximum atomic E-state index is 11.3. The fourth-order valence-corrected chi connectivity index (χ4v) is 1.77. The first-order valence-electron chi connectivity index (χ1n) is 5.12. The van der Waals surface area contributed by atoms with Crippen LogP contribution in [0.25, 0.3) is 0 Å². The molecule has 0 radical (unpaired) electrons. The summed E-state index contributed by atoms with van der Waals surface area (Å²) in [7, 11) is 0. The summed E-state index contributed by atoms with van der Waals surface area (Å²) in [5, 5.41) is 3.18. The third-order valence-electron chi connectivity index (χ3n) is 2.86. The van der Waals surface area contributed by atoms with Crippen LogP contribution in [0.1, 0.15) is 27.7 Å². The van der Waals surface area contributed by atoms with E-state index in [0.29, 0.717) is 0 Å². The molecule has 0 aromatic rings. The minimum atomic E-state index is -0.484. The lowest BCUT2D eigenvalue weighted by Gasteiger charge is -2.54. The molecule has 0 aliphatic carbocycles. The maximum absolute atomic E-state index is 11.3. The van der Waals surface area contributed by atoms with E-state index in [1.807, 2.05) is 6.92 Å². The van der Waals surface area contributed by atoms with Gasteiger partial charge < -0.3 is 11.1 Å². The molecule has 0 saturated carbocycles. The summed E-state index contributed by atoms with van der Waals surface area (Å²) in [5.74, 6) is -0.236. The van der Waals surface area contributed by atoms with Gasteiger partial charge in [-0.2, -0.15) is 0 Å². The molecule has 1 amide bonds. The van der Waals surface area contributed by atoms with E-state index < -0.39 is 5.54 Å². The van der Waals surface area contributed by atoms with Gasteiger partial charge >= 0.3 is 0 Å². The number of amides is 1. The van der Waals surface area contributed by atoms with Gasteiger partial charge in [0.15, 0.2) is 0 Å². The summed E-state index contributed by atoms with van der Waals surface area (Å²) in [6.45, 7) is 10.6. The average Bonchev–Trinajstić information content (AvgIpc) is 1.92. The Morgan fingerprint density at radius 1 is 1.50 bits per heavy atom. The van der Waals surface area contributed by atoms with Crippen molar-refractivity contribution in [1.29, 1.82) is 0 Å². The van der Waals surface area contributed by atoms with E-state index in [1.54, 1.807) is 0 Å². The largest absolute Gasteiger partial charge is 0.368 e. The van der Waals surface area contributed by atoms with E-state index in [1.165, 1.54) is 0 Å². The van der Waals surface area contributed by atoms with E-state index in [-0.39, 0.29) is 11.4 Å². The Kier molecular flexibility index (Phi) is 2.88. The minimum absolute atomic E-state index is 0.119. The van der Waals surface area contributed by atoms with Gasteiger partial charge in [-0.1, -0.05) is 6.92 Å². The molecule has 4 nitrogen and oxygen atoms in total. The Bertz CT molecular complexity index is 226. The minimum Gasteiger partial charge on any atom is -0.368 e. The van der Waals surface area contributed by atoms with Gasteiger partial charge in [-0.15, -0.1) is 0 Å². The van der Waals surface area contributed by atoms with Crippen LogP contribution in [0.15, 0.2) is 0 Å². The van der Waals surface area contributed by atoms with E-state index in [2.05, 4.69) is 31.0 Å². The molecule has 0 atom stereocenters. The van der Waals surface area contributed by atoms with Crippen molar-refractivity contribution in [1.82, 2.24) is 10.2 Å². The molecule has 3 N–H and O–H groups in total. The van der Waals surface area contributed by atoms with Crippen LogP contribution in [-0.4, -0.2) is 41.5 Å². The summed E-state index contributed by atoms with van der Waals surface area (Å²) >= 11 is 0. The SMILES string of the molecule is CCNC1(C(N)=O)CN(C(C)(C)C)C1. The Morgan fingerprint density at radius 2 is 2.00 bits per heavy atom. The lowest BCUT2D eigenvalue weighted by Crippen LogP contribution is -2.77. The molecular formula is C10H21N3O. The van der Waals surface area contributed by atoms with Gasteiger partial charge in [0.05, 0.1) is 0 Å². The van der Waals surface area contributed by atoms with Crippen LogP contribution in [-0.2, 0) is 4.79 Å². The topological polar surface area (TPSA) is 58.4 Å². The average molecular weight is 199 g/mol. The van der Waals surface area contributed by atoms with Crippen LogP contribution in [0.2, 0.25) is 0 Å². The Labute approximate surface area is 85.8 Å². The summed E-state index contributed by atoms with van der Waals surface area (Å²) in [4.78, 5) is 13.5. The highest BCUT2D eigenvalue weighted by molar-refractivity contribution is 5.86. The third kappa shape index (κ3) is 1.91. The fourth-order valence-electron chi connectivity index (χ4n) is 1.77. The number of hydrogen-bond donors (Lipinski definition) is 2. The van der Waals surface area contributed by atoms with E-state index in [9.17, 15) is 4.79 Å². The fraction of sp³-hybridized carbons (Fsp3) is 0.900. The summed E-state index contributed by atoms with van der Waals surface area (Å²) < 4.78 is 0. The highest BCUT2D eigenvalue weighted by Gasteiger charge is 2.50. The number of nitrogens with zero attached hydrogens (tertiary/aromatic N) is 1. The summed E-state index contributed by atoms with van der Waals surface area (Å²) in [5.41, 5.74) is 5.03. The number of carbonyl (C=O) groups excluding carboxylic acids is 1. The van der Waals surface area contributed by atoms with Crippen LogP contribution >= 0.6 is 0 Å². The predicted molar refractivity (Wildman–Crippen MR) is 56.9 cm³/mol. The number of hydrogen-bond acceptors (Lipinski definition) is 3. The van der Waals surface area contributed by atoms with E-state index in [4.69, 9.17) is 5.73 Å². The monoisotopic (exact) mass is 199 g/mol. The first-order chi connectivity index (χ1) is 6.32. The first kappa shape index (κ1) is 11.5. The molecule has 1 aliphatic heterocycles. The van der Waals surface area contributed by atoms with Crippen LogP contribution in [0.5, 0.6) is 0 Å². The molecular weight excluding hydrogens is 178 g/mol. The van der Waals surface area contributed by atoms with Crippen molar-refractivity contribution >= 4 is 5.91 Å². The number of carbonyl (C=O) groups is 1. The second kappa shape index (κ2) is 3.51. The second-order valence-corrected chi connectivity index (χ2v) is 5.00. The molecule has 0 bridgehead atoms. The number of likely N-dealkylation sites (tertiary alicyclic amines) is 1. The molecule has 4 heteroatoms. The van der Waals surface area contributed by atoms with Crippen LogP contribution < -0.4 is 11.1 Å². The van der Waals surface area contributed by atoms with Crippen LogP contribution in [0.3, 0.4) is 0 Å². The Balaban J connectivity index is 2.60. The zero-order chi connectivity index (χ0) is 11.0. The van der Waals surface area contributed by atoms with Crippen molar-refractivity contribution in [2.45, 2.75) is 38.8 Å². The van der Waals surface area contributed by atoms with Gasteiger partial charge in [0.1, 0.15) is 5.54 Å². The van der Waals surface area contributed by atoms with Crippen molar-refractivity contribution in [2.75, 3.05) is 19.6 Å². The first-order valence-corrected chi connectivity index (χ1v) is 5.12. The molecule has 1 aliphatic rings. The number of likely N-dealkylation sites (N-methyl/N-ethyl adjacent to an activating group) is 1. The number of primary amides is 1. The Hall–Kier alpha value is -0.610. The quantitative estimate of drug-likeness (QED) is 0.669. The molecule has 1 fully saturated rings. The molecule has 0 unspecified atom stereocenters. The van der Waals surface area contributed by atoms with Crippen LogP contribution in [0, 0.1) is 0 Å². The van der Waals surface area contributed by atoms with Gasteiger partial charge in [-0.05, 0) is 27.3 Å². The standard InChI is InChI=1S/C10H21N3O/c1-5-12-10(8(11)14)6-13(7-10)9(2,3)4/h12H,5-7H2,1-4H3,(H2,11,14). The van der Waals surface area contributed by atoms with Crippen molar-refractivity contribution in [3.05, 3.63) is 0 Å². The lowest BCUT2D eigenvalue weighted by atomic mass is 9.84. The van der Waals surface area contributed by atoms with Gasteiger partial charge in [0.25, 0.3) is 0 Å². The molecule has 1 rings (SSSR count). The number of nitrogens with two attached hydrogens (primary N) is 1. The molecule has 14 heavy (non-hydrogen) atoms. The summed E-state index contributed by atoms with van der Waals surface area (Å²) in [6, 6.07) is 0. The van der Waals surface area contributed by atoms with Crippen molar-refractivity contribution < 1.29 is 4.79 Å². The zero-order valence-corrected chi connectivity index (χ0v) is 9.55. The molecule has 82 valence electrons. The normalized spacial score (nSPS) is 21.7. The number of rotatable bonds is 3. The third-order valence-corrected chi connectivity index (χ3v) is 2.86. The number of nitrogens with one attached hydrogen (secondary N) is 1. The smallest absolute Gasteiger partial charge is 0.240 e. The molecule has 0 spiro atoms. The van der Waals surface area contributed by atoms with Gasteiger partial charge in [-0.25, -0.2) is 0 Å². The molecule has 0 aromatic heterocycles. The van der Waals surface area contributed by atoms with Gasteiger partial charge in [0, 0.05) is 18.6 Å². The molecule has 0 aromatic carbocycles. The van der Waals surface area contributed by atoms with Crippen molar-refractivity contribution in [3.8, 4) is 0 Å². The van der Waals surface area contributed by atoms with Crippen molar-refractivity contribution in [2.24, 2.45) is 5.73 Å². The molecule has 1 heterocycles. The Morgan fingerprint density at radius 3 is 2.29 bits per heavy atom. The van der Waals surface area contributed by atoms with Crippen LogP contribution in [0.4, 0.5) is 0 Å². The van der Waals surface area contributed by atoms with Gasteiger partial charge in [-0.3, -0.25) is 9.69 Å². The predicted octanol–water partition coefficient (Wildman–Crippen LogP) is -0.0659. The summed E-state index contributed by atoms with van der Waals surface area (Å²) in [6.07, 6.45) is 0. The second-order valence-electron chi connectivity index (χ2n) is 5.00. The maximum Gasteiger partial charge on any atom is 0.240 e. The zero-order valence-electron chi connectivity index (χ0n) is 9.55. The van der Waals surface area contributed by atoms with E-state index >= 15 is 0 Å².